The molecule has 2 saturated heterocycles. The number of hydrogen-bond donors (Lipinski definition) is 3. The first-order chi connectivity index (χ1) is 16.8. The van der Waals surface area contributed by atoms with Crippen molar-refractivity contribution in [3.63, 3.8) is 0 Å². The minimum atomic E-state index is -1.26. The fourth-order valence-corrected chi connectivity index (χ4v) is 5.69. The molecule has 9 heteroatoms. The minimum Gasteiger partial charge on any atom is -0.458 e. The summed E-state index contributed by atoms with van der Waals surface area (Å²) in [6.45, 7) is 10.6. The van der Waals surface area contributed by atoms with Gasteiger partial charge in [0.15, 0.2) is 0 Å². The van der Waals surface area contributed by atoms with E-state index < -0.39 is 35.6 Å². The molecule has 0 bridgehead atoms. The molecule has 0 saturated carbocycles. The van der Waals surface area contributed by atoms with Crippen molar-refractivity contribution < 1.29 is 34.4 Å². The average molecular weight is 524 g/mol. The quantitative estimate of drug-likeness (QED) is 0.404. The highest BCUT2D eigenvalue weighted by atomic mass is 32.1. The van der Waals surface area contributed by atoms with Crippen LogP contribution in [0.1, 0.15) is 84.3 Å². The summed E-state index contributed by atoms with van der Waals surface area (Å²) < 4.78 is 11.9. The molecular formula is C27H41NO7S. The zero-order chi connectivity index (χ0) is 26.8. The third-order valence-corrected chi connectivity index (χ3v) is 8.85. The Morgan fingerprint density at radius 1 is 1.25 bits per heavy atom. The van der Waals surface area contributed by atoms with Crippen LogP contribution in [0.15, 0.2) is 11.0 Å². The molecular weight excluding hydrogens is 482 g/mol. The number of esters is 1. The van der Waals surface area contributed by atoms with Gasteiger partial charge in [0.05, 0.1) is 48.0 Å². The van der Waals surface area contributed by atoms with Crippen molar-refractivity contribution in [2.45, 2.75) is 110 Å². The fourth-order valence-electron chi connectivity index (χ4n) is 5.08. The van der Waals surface area contributed by atoms with Gasteiger partial charge >= 0.3 is 5.97 Å². The summed E-state index contributed by atoms with van der Waals surface area (Å²) in [5.74, 6) is -1.64. The predicted octanol–water partition coefficient (Wildman–Crippen LogP) is 3.66. The number of ether oxygens (including phenoxy) is 2. The van der Waals surface area contributed by atoms with Gasteiger partial charge in [-0.1, -0.05) is 34.1 Å². The second kappa shape index (κ2) is 11.4. The summed E-state index contributed by atoms with van der Waals surface area (Å²) in [7, 11) is 0. The van der Waals surface area contributed by atoms with Crippen LogP contribution in [0.2, 0.25) is 0 Å². The fraction of sp³-hybridized carbons (Fsp3) is 0.741. The van der Waals surface area contributed by atoms with E-state index in [1.54, 1.807) is 20.8 Å². The largest absolute Gasteiger partial charge is 0.458 e. The molecule has 0 aliphatic carbocycles. The highest BCUT2D eigenvalue weighted by Crippen LogP contribution is 2.45. The zero-order valence-corrected chi connectivity index (χ0v) is 23.0. The van der Waals surface area contributed by atoms with Crippen LogP contribution in [0.4, 0.5) is 0 Å². The van der Waals surface area contributed by atoms with Crippen molar-refractivity contribution in [1.29, 1.82) is 0 Å². The van der Waals surface area contributed by atoms with Gasteiger partial charge in [-0.15, -0.1) is 11.3 Å². The molecule has 2 unspecified atom stereocenters. The van der Waals surface area contributed by atoms with Crippen molar-refractivity contribution in [2.24, 2.45) is 17.3 Å². The Kier molecular flexibility index (Phi) is 9.15. The van der Waals surface area contributed by atoms with Crippen LogP contribution in [-0.4, -0.2) is 62.1 Å². The second-order valence-electron chi connectivity index (χ2n) is 11.3. The van der Waals surface area contributed by atoms with Crippen molar-refractivity contribution in [1.82, 2.24) is 4.98 Å². The average Bonchev–Trinajstić information content (AvgIpc) is 3.23. The molecule has 1 aromatic heterocycles. The molecule has 3 heterocycles. The molecule has 3 rings (SSSR count). The van der Waals surface area contributed by atoms with Crippen molar-refractivity contribution in [3.8, 4) is 0 Å². The molecule has 0 amide bonds. The number of thiazole rings is 1. The Labute approximate surface area is 217 Å². The van der Waals surface area contributed by atoms with E-state index in [0.29, 0.717) is 17.1 Å². The molecule has 1 aromatic rings. The van der Waals surface area contributed by atoms with Gasteiger partial charge in [0, 0.05) is 17.7 Å². The zero-order valence-electron chi connectivity index (χ0n) is 22.2. The number of nitrogens with zero attached hydrogens (tertiary/aromatic N) is 1. The lowest BCUT2D eigenvalue weighted by atomic mass is 9.73. The molecule has 3 N–H and O–H groups in total. The highest BCUT2D eigenvalue weighted by Gasteiger charge is 2.53. The van der Waals surface area contributed by atoms with E-state index in [-0.39, 0.29) is 36.4 Å². The molecule has 202 valence electrons. The Morgan fingerprint density at radius 2 is 1.94 bits per heavy atom. The molecule has 2 fully saturated rings. The molecule has 2 aliphatic heterocycles. The Balaban J connectivity index is 1.85. The predicted molar refractivity (Wildman–Crippen MR) is 137 cm³/mol. The summed E-state index contributed by atoms with van der Waals surface area (Å²) >= 11 is 1.35. The highest BCUT2D eigenvalue weighted by molar-refractivity contribution is 7.09. The van der Waals surface area contributed by atoms with E-state index in [1.165, 1.54) is 11.3 Å². The molecule has 0 radical (unpaired) electrons. The van der Waals surface area contributed by atoms with E-state index in [1.807, 2.05) is 32.2 Å². The van der Waals surface area contributed by atoms with Crippen LogP contribution in [0, 0.1) is 17.3 Å². The monoisotopic (exact) mass is 523 g/mol. The number of Topliss-reactive ketones (excluding diaryl/α,β-unsaturated/α-hetero) is 1. The number of epoxide rings is 1. The lowest BCUT2D eigenvalue weighted by molar-refractivity contribution is -0.154. The normalized spacial score (nSPS) is 36.8. The van der Waals surface area contributed by atoms with Crippen LogP contribution in [0.25, 0.3) is 6.08 Å². The number of aliphatic hydroxyl groups excluding tert-OH is 3. The first-order valence-electron chi connectivity index (χ1n) is 12.8. The maximum atomic E-state index is 13.2. The lowest BCUT2D eigenvalue weighted by Gasteiger charge is -2.34. The van der Waals surface area contributed by atoms with Gasteiger partial charge < -0.3 is 24.8 Å². The second-order valence-corrected chi connectivity index (χ2v) is 12.2. The van der Waals surface area contributed by atoms with Gasteiger partial charge in [-0.3, -0.25) is 9.59 Å². The smallest absolute Gasteiger partial charge is 0.309 e. The van der Waals surface area contributed by atoms with Gasteiger partial charge in [-0.05, 0) is 44.3 Å². The van der Waals surface area contributed by atoms with Gasteiger partial charge in [0.1, 0.15) is 16.9 Å². The van der Waals surface area contributed by atoms with Crippen LogP contribution in [0.3, 0.4) is 0 Å². The Hall–Kier alpha value is -1.65. The molecule has 8 nitrogen and oxygen atoms in total. The standard InChI is InChI=1S/C27H41NO7S/c1-15-8-7-9-27(6)21(35-27)11-19(16(2)10-18-14-36-22(13-29)28-18)34-23(31)12-20(30)26(4,5)25(33)17(3)24(15)32/h10,14-15,17,19-21,24,29-30,32H,7-9,11-13H2,1-6H3/b16-10+/t15?,17-,19?,20+,21+,24+,27-/m1/s1. The number of carbonyl (C=O) groups excluding carboxylic acids is 2. The summed E-state index contributed by atoms with van der Waals surface area (Å²) in [4.78, 5) is 30.5. The number of cyclic esters (lactones) is 1. The van der Waals surface area contributed by atoms with Crippen molar-refractivity contribution in [3.05, 3.63) is 21.7 Å². The Morgan fingerprint density at radius 3 is 2.58 bits per heavy atom. The van der Waals surface area contributed by atoms with Gasteiger partial charge in [0.25, 0.3) is 0 Å². The third-order valence-electron chi connectivity index (χ3n) is 8.00. The van der Waals surface area contributed by atoms with Crippen LogP contribution in [0.5, 0.6) is 0 Å². The first kappa shape index (κ1) is 28.9. The number of ketones is 1. The molecule has 0 spiro atoms. The van der Waals surface area contributed by atoms with Gasteiger partial charge in [-0.25, -0.2) is 4.98 Å². The third kappa shape index (κ3) is 6.61. The number of rotatable bonds is 3. The first-order valence-corrected chi connectivity index (χ1v) is 13.7. The van der Waals surface area contributed by atoms with E-state index >= 15 is 0 Å². The summed E-state index contributed by atoms with van der Waals surface area (Å²) in [5, 5.41) is 33.4. The molecule has 7 atom stereocenters. The van der Waals surface area contributed by atoms with E-state index in [9.17, 15) is 24.9 Å². The minimum absolute atomic E-state index is 0.0860. The number of aromatic nitrogens is 1. The lowest BCUT2D eigenvalue weighted by Crippen LogP contribution is -2.45. The van der Waals surface area contributed by atoms with Crippen LogP contribution in [-0.2, 0) is 25.7 Å². The van der Waals surface area contributed by atoms with Crippen LogP contribution >= 0.6 is 11.3 Å². The van der Waals surface area contributed by atoms with E-state index in [4.69, 9.17) is 9.47 Å². The number of fused-ring (bicyclic) bond motifs is 1. The van der Waals surface area contributed by atoms with Crippen molar-refractivity contribution >= 4 is 29.2 Å². The summed E-state index contributed by atoms with van der Waals surface area (Å²) in [5.41, 5.74) is -0.0964. The van der Waals surface area contributed by atoms with Crippen LogP contribution < -0.4 is 0 Å². The molecule has 0 aromatic carbocycles. The maximum absolute atomic E-state index is 13.2. The van der Waals surface area contributed by atoms with Gasteiger partial charge in [0.2, 0.25) is 0 Å². The molecule has 36 heavy (non-hydrogen) atoms. The molecule has 2 aliphatic rings. The maximum Gasteiger partial charge on any atom is 0.309 e. The van der Waals surface area contributed by atoms with Crippen molar-refractivity contribution in [2.75, 3.05) is 0 Å². The van der Waals surface area contributed by atoms with E-state index in [2.05, 4.69) is 4.98 Å². The number of aliphatic hydroxyl groups is 3. The van der Waals surface area contributed by atoms with Gasteiger partial charge in [-0.2, -0.15) is 0 Å². The Bertz CT molecular complexity index is 973. The summed E-state index contributed by atoms with van der Waals surface area (Å²) in [6, 6.07) is 0. The summed E-state index contributed by atoms with van der Waals surface area (Å²) in [6.07, 6.45) is 1.60. The van der Waals surface area contributed by atoms with E-state index in [0.717, 1.165) is 24.8 Å². The topological polar surface area (TPSA) is 129 Å². The number of hydrogen-bond acceptors (Lipinski definition) is 9. The SMILES string of the molecule is C/C(=C\c1csc(CO)n1)C1C[C@@H]2O[C@]2(C)CCCC(C)[C@H](O)[C@@H](C)C(=O)C(C)(C)[C@@H](O)CC(=O)O1. The number of carbonyl (C=O) groups is 2.